The lowest BCUT2D eigenvalue weighted by molar-refractivity contribution is 0.0930. The van der Waals surface area contributed by atoms with Crippen LogP contribution in [0.2, 0.25) is 0 Å². The van der Waals surface area contributed by atoms with E-state index in [-0.39, 0.29) is 28.9 Å². The summed E-state index contributed by atoms with van der Waals surface area (Å²) in [6.45, 7) is 0.343. The van der Waals surface area contributed by atoms with Gasteiger partial charge in [-0.1, -0.05) is 30.3 Å². The summed E-state index contributed by atoms with van der Waals surface area (Å²) in [5.41, 5.74) is 6.41. The fourth-order valence-electron chi connectivity index (χ4n) is 2.92. The van der Waals surface area contributed by atoms with Crippen LogP contribution in [-0.2, 0) is 10.0 Å². The Morgan fingerprint density at radius 2 is 1.74 bits per heavy atom. The monoisotopic (exact) mass is 409 g/mol. The van der Waals surface area contributed by atoms with Crippen molar-refractivity contribution in [3.8, 4) is 0 Å². The van der Waals surface area contributed by atoms with Gasteiger partial charge in [0.1, 0.15) is 4.90 Å². The molecule has 0 heterocycles. The van der Waals surface area contributed by atoms with Crippen LogP contribution in [0.25, 0.3) is 0 Å². The lowest BCUT2D eigenvalue weighted by atomic mass is 10.1. The number of halogens is 1. The standard InChI is InChI=1S/C19H23N3O3S.ClH/c1-22(15-7-3-2-4-8-15)26(24,25)18-10-6-5-9-16(18)19(23)21-17(13-20)14-11-12-14;/h2-10,14,17H,11-13,20H2,1H3,(H,21,23);1H. The number of anilines is 1. The summed E-state index contributed by atoms with van der Waals surface area (Å²) in [4.78, 5) is 12.7. The number of nitrogens with zero attached hydrogens (tertiary/aromatic N) is 1. The van der Waals surface area contributed by atoms with E-state index in [1.807, 2.05) is 6.07 Å². The van der Waals surface area contributed by atoms with Crippen molar-refractivity contribution in [1.29, 1.82) is 0 Å². The van der Waals surface area contributed by atoms with E-state index in [0.717, 1.165) is 12.8 Å². The molecule has 2 aromatic carbocycles. The SMILES string of the molecule is CN(c1ccccc1)S(=O)(=O)c1ccccc1C(=O)NC(CN)C1CC1.Cl. The molecule has 1 aliphatic rings. The van der Waals surface area contributed by atoms with Crippen molar-refractivity contribution in [3.63, 3.8) is 0 Å². The second kappa shape index (κ2) is 8.73. The van der Waals surface area contributed by atoms with Gasteiger partial charge in [-0.05, 0) is 43.0 Å². The number of nitrogens with one attached hydrogen (secondary N) is 1. The third-order valence-corrected chi connectivity index (χ3v) is 6.50. The fourth-order valence-corrected chi connectivity index (χ4v) is 4.30. The summed E-state index contributed by atoms with van der Waals surface area (Å²) >= 11 is 0. The van der Waals surface area contributed by atoms with E-state index < -0.39 is 15.9 Å². The third kappa shape index (κ3) is 4.61. The predicted molar refractivity (Wildman–Crippen MR) is 109 cm³/mol. The average Bonchev–Trinajstić information content (AvgIpc) is 3.51. The molecule has 0 spiro atoms. The van der Waals surface area contributed by atoms with Crippen LogP contribution in [0.15, 0.2) is 59.5 Å². The first-order valence-electron chi connectivity index (χ1n) is 8.59. The summed E-state index contributed by atoms with van der Waals surface area (Å²) in [5.74, 6) is -0.0206. The van der Waals surface area contributed by atoms with Gasteiger partial charge in [-0.2, -0.15) is 0 Å². The number of carbonyl (C=O) groups is 1. The second-order valence-corrected chi connectivity index (χ2v) is 8.40. The molecule has 1 aliphatic carbocycles. The molecule has 3 rings (SSSR count). The average molecular weight is 410 g/mol. The van der Waals surface area contributed by atoms with Crippen molar-refractivity contribution in [2.75, 3.05) is 17.9 Å². The molecule has 0 bridgehead atoms. The van der Waals surface area contributed by atoms with Gasteiger partial charge in [0.15, 0.2) is 0 Å². The highest BCUT2D eigenvalue weighted by atomic mass is 35.5. The summed E-state index contributed by atoms with van der Waals surface area (Å²) in [6.07, 6.45) is 2.08. The van der Waals surface area contributed by atoms with Gasteiger partial charge in [0, 0.05) is 19.6 Å². The van der Waals surface area contributed by atoms with E-state index in [4.69, 9.17) is 5.73 Å². The smallest absolute Gasteiger partial charge is 0.264 e. The van der Waals surface area contributed by atoms with Crippen molar-refractivity contribution < 1.29 is 13.2 Å². The number of para-hydroxylation sites is 1. The van der Waals surface area contributed by atoms with Gasteiger partial charge in [-0.25, -0.2) is 8.42 Å². The van der Waals surface area contributed by atoms with Crippen LogP contribution >= 0.6 is 12.4 Å². The van der Waals surface area contributed by atoms with Gasteiger partial charge in [-0.3, -0.25) is 9.10 Å². The van der Waals surface area contributed by atoms with E-state index >= 15 is 0 Å². The van der Waals surface area contributed by atoms with Crippen LogP contribution in [-0.4, -0.2) is 34.0 Å². The summed E-state index contributed by atoms with van der Waals surface area (Å²) in [6, 6.07) is 14.9. The zero-order valence-electron chi connectivity index (χ0n) is 15.0. The highest BCUT2D eigenvalue weighted by Crippen LogP contribution is 2.32. The Bertz CT molecular complexity index is 886. The highest BCUT2D eigenvalue weighted by Gasteiger charge is 2.33. The van der Waals surface area contributed by atoms with Gasteiger partial charge in [0.2, 0.25) is 0 Å². The molecule has 1 saturated carbocycles. The van der Waals surface area contributed by atoms with Crippen LogP contribution in [0.4, 0.5) is 5.69 Å². The molecule has 3 N–H and O–H groups in total. The maximum atomic E-state index is 13.1. The lowest BCUT2D eigenvalue weighted by Gasteiger charge is -2.22. The molecule has 6 nitrogen and oxygen atoms in total. The highest BCUT2D eigenvalue weighted by molar-refractivity contribution is 7.92. The normalized spacial score (nSPS) is 14.7. The number of hydrogen-bond acceptors (Lipinski definition) is 4. The summed E-state index contributed by atoms with van der Waals surface area (Å²) in [5, 5.41) is 2.89. The van der Waals surface area contributed by atoms with Gasteiger partial charge in [0.25, 0.3) is 15.9 Å². The van der Waals surface area contributed by atoms with E-state index in [0.29, 0.717) is 18.2 Å². The van der Waals surface area contributed by atoms with Gasteiger partial charge in [-0.15, -0.1) is 12.4 Å². The minimum absolute atomic E-state index is 0. The molecule has 8 heteroatoms. The molecule has 27 heavy (non-hydrogen) atoms. The van der Waals surface area contributed by atoms with Crippen LogP contribution in [0, 0.1) is 5.92 Å². The number of carbonyl (C=O) groups excluding carboxylic acids is 1. The molecule has 1 atom stereocenters. The summed E-state index contributed by atoms with van der Waals surface area (Å²) < 4.78 is 27.3. The first kappa shape index (κ1) is 21.2. The minimum Gasteiger partial charge on any atom is -0.348 e. The molecule has 1 unspecified atom stereocenters. The first-order chi connectivity index (χ1) is 12.4. The van der Waals surface area contributed by atoms with E-state index in [9.17, 15) is 13.2 Å². The fraction of sp³-hybridized carbons (Fsp3) is 0.316. The molecule has 0 aromatic heterocycles. The van der Waals surface area contributed by atoms with Gasteiger partial charge < -0.3 is 11.1 Å². The van der Waals surface area contributed by atoms with Gasteiger partial charge >= 0.3 is 0 Å². The van der Waals surface area contributed by atoms with Gasteiger partial charge in [0.05, 0.1) is 11.3 Å². The Kier molecular flexibility index (Phi) is 6.86. The first-order valence-corrected chi connectivity index (χ1v) is 10.0. The van der Waals surface area contributed by atoms with Crippen LogP contribution in [0.3, 0.4) is 0 Å². The number of amides is 1. The van der Waals surface area contributed by atoms with Crippen molar-refractivity contribution in [2.24, 2.45) is 11.7 Å². The molecule has 1 fully saturated rings. The number of nitrogens with two attached hydrogens (primary N) is 1. The Morgan fingerprint density at radius 1 is 1.15 bits per heavy atom. The maximum Gasteiger partial charge on any atom is 0.264 e. The second-order valence-electron chi connectivity index (χ2n) is 6.46. The predicted octanol–water partition coefficient (Wildman–Crippen LogP) is 2.40. The molecule has 1 amide bonds. The van der Waals surface area contributed by atoms with Crippen molar-refractivity contribution in [2.45, 2.75) is 23.8 Å². The van der Waals surface area contributed by atoms with Crippen molar-refractivity contribution in [3.05, 3.63) is 60.2 Å². The Hall–Kier alpha value is -2.09. The molecule has 0 saturated heterocycles. The Labute approximate surface area is 166 Å². The van der Waals surface area contributed by atoms with Crippen molar-refractivity contribution in [1.82, 2.24) is 5.32 Å². The maximum absolute atomic E-state index is 13.1. The van der Waals surface area contributed by atoms with Crippen LogP contribution in [0.5, 0.6) is 0 Å². The number of rotatable bonds is 7. The molecular weight excluding hydrogens is 386 g/mol. The van der Waals surface area contributed by atoms with Crippen molar-refractivity contribution >= 4 is 34.0 Å². The topological polar surface area (TPSA) is 92.5 Å². The van der Waals surface area contributed by atoms with E-state index in [1.54, 1.807) is 36.4 Å². The van der Waals surface area contributed by atoms with E-state index in [1.165, 1.54) is 23.5 Å². The molecule has 0 aliphatic heterocycles. The molecule has 0 radical (unpaired) electrons. The number of benzene rings is 2. The molecule has 2 aromatic rings. The summed E-state index contributed by atoms with van der Waals surface area (Å²) in [7, 11) is -2.40. The molecular formula is C19H24ClN3O3S. The Morgan fingerprint density at radius 3 is 2.33 bits per heavy atom. The Balaban J connectivity index is 0.00000261. The number of hydrogen-bond donors (Lipinski definition) is 2. The van der Waals surface area contributed by atoms with Crippen LogP contribution < -0.4 is 15.4 Å². The largest absolute Gasteiger partial charge is 0.348 e. The third-order valence-electron chi connectivity index (χ3n) is 4.65. The zero-order chi connectivity index (χ0) is 18.7. The van der Waals surface area contributed by atoms with Crippen LogP contribution in [0.1, 0.15) is 23.2 Å². The molecule has 146 valence electrons. The number of sulfonamides is 1. The minimum atomic E-state index is -3.87. The quantitative estimate of drug-likeness (QED) is 0.734. The lowest BCUT2D eigenvalue weighted by Crippen LogP contribution is -2.42. The van der Waals surface area contributed by atoms with E-state index in [2.05, 4.69) is 5.32 Å². The zero-order valence-corrected chi connectivity index (χ0v) is 16.7.